The molecule has 22 heavy (non-hydrogen) atoms. The fourth-order valence-corrected chi connectivity index (χ4v) is 2.77. The fourth-order valence-electron chi connectivity index (χ4n) is 2.65. The van der Waals surface area contributed by atoms with Crippen molar-refractivity contribution in [3.05, 3.63) is 59.1 Å². The maximum absolute atomic E-state index is 5.98. The molecule has 1 aliphatic heterocycles. The van der Waals surface area contributed by atoms with Crippen LogP contribution in [0.1, 0.15) is 24.9 Å². The molecule has 0 radical (unpaired) electrons. The van der Waals surface area contributed by atoms with Gasteiger partial charge in [0.25, 0.3) is 0 Å². The number of benzene rings is 2. The van der Waals surface area contributed by atoms with E-state index < -0.39 is 0 Å². The maximum Gasteiger partial charge on any atom is 0.119 e. The van der Waals surface area contributed by atoms with E-state index in [1.807, 2.05) is 36.4 Å². The highest BCUT2D eigenvalue weighted by atomic mass is 35.5. The zero-order chi connectivity index (χ0) is 15.5. The van der Waals surface area contributed by atoms with Gasteiger partial charge in [0.15, 0.2) is 0 Å². The summed E-state index contributed by atoms with van der Waals surface area (Å²) < 4.78 is 5.98. The van der Waals surface area contributed by atoms with Crippen molar-refractivity contribution in [1.82, 2.24) is 10.9 Å². The number of ether oxygens (including phenoxy) is 1. The summed E-state index contributed by atoms with van der Waals surface area (Å²) in [5, 5.41) is 0.712. The lowest BCUT2D eigenvalue weighted by Gasteiger charge is -2.20. The van der Waals surface area contributed by atoms with Crippen LogP contribution >= 0.6 is 11.6 Å². The van der Waals surface area contributed by atoms with Crippen molar-refractivity contribution < 1.29 is 4.74 Å². The molecule has 3 rings (SSSR count). The van der Waals surface area contributed by atoms with Crippen LogP contribution in [0.25, 0.3) is 0 Å². The quantitative estimate of drug-likeness (QED) is 0.757. The molecular weight excluding hydrogens is 298 g/mol. The molecule has 4 nitrogen and oxygen atoms in total. The van der Waals surface area contributed by atoms with Crippen LogP contribution in [0.15, 0.2) is 48.5 Å². The van der Waals surface area contributed by atoms with Gasteiger partial charge >= 0.3 is 0 Å². The van der Waals surface area contributed by atoms with Crippen LogP contribution in [0.3, 0.4) is 0 Å². The number of halogens is 1. The number of hydrogen-bond donors (Lipinski definition) is 3. The van der Waals surface area contributed by atoms with Crippen molar-refractivity contribution in [2.75, 3.05) is 5.73 Å². The first kappa shape index (κ1) is 15.2. The van der Waals surface area contributed by atoms with Gasteiger partial charge in [-0.3, -0.25) is 5.43 Å². The Morgan fingerprint density at radius 1 is 1.09 bits per heavy atom. The van der Waals surface area contributed by atoms with Crippen molar-refractivity contribution in [2.24, 2.45) is 0 Å². The first-order valence-electron chi connectivity index (χ1n) is 7.40. The molecule has 0 aromatic heterocycles. The third-order valence-electron chi connectivity index (χ3n) is 3.97. The van der Waals surface area contributed by atoms with Crippen LogP contribution < -0.4 is 21.3 Å². The molecule has 0 aliphatic carbocycles. The summed E-state index contributed by atoms with van der Waals surface area (Å²) in [6, 6.07) is 15.9. The van der Waals surface area contributed by atoms with Crippen molar-refractivity contribution in [2.45, 2.75) is 31.5 Å². The third kappa shape index (κ3) is 3.53. The molecule has 0 spiro atoms. The zero-order valence-electron chi connectivity index (χ0n) is 12.4. The average Bonchev–Trinajstić information content (AvgIpc) is 3.00. The Bertz CT molecular complexity index is 615. The number of hydrazine groups is 1. The molecule has 1 fully saturated rings. The van der Waals surface area contributed by atoms with E-state index in [1.54, 1.807) is 0 Å². The average molecular weight is 318 g/mol. The molecule has 0 amide bonds. The molecule has 0 saturated carbocycles. The smallest absolute Gasteiger partial charge is 0.119 e. The van der Waals surface area contributed by atoms with E-state index in [9.17, 15) is 0 Å². The molecule has 1 heterocycles. The fraction of sp³-hybridized carbons (Fsp3) is 0.294. The molecule has 116 valence electrons. The van der Waals surface area contributed by atoms with Gasteiger partial charge in [-0.2, -0.15) is 0 Å². The Labute approximate surface area is 135 Å². The number of nitrogen functional groups attached to an aromatic ring is 1. The van der Waals surface area contributed by atoms with Crippen molar-refractivity contribution in [3.8, 4) is 5.75 Å². The number of rotatable bonds is 4. The topological polar surface area (TPSA) is 59.3 Å². The van der Waals surface area contributed by atoms with Gasteiger partial charge in [0, 0.05) is 16.8 Å². The van der Waals surface area contributed by atoms with Gasteiger partial charge in [0.1, 0.15) is 11.9 Å². The standard InChI is InChI=1S/C17H20ClN3O/c1-11(22-15-8-4-13(18)5-9-15)16-10-17(21-20-16)12-2-6-14(19)7-3-12/h2-9,11,16-17,20-21H,10,19H2,1H3. The van der Waals surface area contributed by atoms with E-state index in [0.717, 1.165) is 17.9 Å². The highest BCUT2D eigenvalue weighted by Crippen LogP contribution is 2.26. The molecule has 2 aromatic carbocycles. The van der Waals surface area contributed by atoms with Gasteiger partial charge in [0.2, 0.25) is 0 Å². The van der Waals surface area contributed by atoms with Gasteiger partial charge in [-0.15, -0.1) is 0 Å². The highest BCUT2D eigenvalue weighted by molar-refractivity contribution is 6.30. The van der Waals surface area contributed by atoms with Crippen LogP contribution in [0.2, 0.25) is 5.02 Å². The number of nitrogens with two attached hydrogens (primary N) is 1. The summed E-state index contributed by atoms with van der Waals surface area (Å²) in [6.45, 7) is 2.07. The predicted octanol–water partition coefficient (Wildman–Crippen LogP) is 3.30. The molecule has 1 aliphatic rings. The van der Waals surface area contributed by atoms with E-state index in [1.165, 1.54) is 5.56 Å². The van der Waals surface area contributed by atoms with E-state index in [2.05, 4.69) is 29.9 Å². The normalized spacial score (nSPS) is 22.5. The first-order chi connectivity index (χ1) is 10.6. The van der Waals surface area contributed by atoms with Crippen LogP contribution in [-0.2, 0) is 0 Å². The third-order valence-corrected chi connectivity index (χ3v) is 4.23. The SMILES string of the molecule is CC(Oc1ccc(Cl)cc1)C1CC(c2ccc(N)cc2)NN1. The Balaban J connectivity index is 1.59. The molecule has 4 N–H and O–H groups in total. The van der Waals surface area contributed by atoms with Crippen LogP contribution in [0.4, 0.5) is 5.69 Å². The van der Waals surface area contributed by atoms with Gasteiger partial charge in [-0.05, 0) is 55.3 Å². The minimum Gasteiger partial charge on any atom is -0.489 e. The number of nitrogens with one attached hydrogen (secondary N) is 2. The number of hydrogen-bond acceptors (Lipinski definition) is 4. The predicted molar refractivity (Wildman–Crippen MR) is 89.8 cm³/mol. The van der Waals surface area contributed by atoms with E-state index in [-0.39, 0.29) is 18.2 Å². The lowest BCUT2D eigenvalue weighted by molar-refractivity contribution is 0.176. The van der Waals surface area contributed by atoms with Gasteiger partial charge < -0.3 is 10.5 Å². The summed E-state index contributed by atoms with van der Waals surface area (Å²) in [7, 11) is 0. The largest absolute Gasteiger partial charge is 0.489 e. The van der Waals surface area contributed by atoms with Crippen LogP contribution in [-0.4, -0.2) is 12.1 Å². The summed E-state index contributed by atoms with van der Waals surface area (Å²) in [5.74, 6) is 0.828. The molecular formula is C17H20ClN3O. The van der Waals surface area contributed by atoms with E-state index in [4.69, 9.17) is 22.1 Å². The minimum atomic E-state index is 0.0486. The van der Waals surface area contributed by atoms with Crippen molar-refractivity contribution in [3.63, 3.8) is 0 Å². The van der Waals surface area contributed by atoms with Crippen LogP contribution in [0.5, 0.6) is 5.75 Å². The number of anilines is 1. The Morgan fingerprint density at radius 2 is 1.77 bits per heavy atom. The first-order valence-corrected chi connectivity index (χ1v) is 7.78. The van der Waals surface area contributed by atoms with Crippen molar-refractivity contribution in [1.29, 1.82) is 0 Å². The Morgan fingerprint density at radius 3 is 2.45 bits per heavy atom. The second-order valence-corrected chi connectivity index (χ2v) is 6.06. The van der Waals surface area contributed by atoms with Crippen molar-refractivity contribution >= 4 is 17.3 Å². The molecule has 0 bridgehead atoms. The summed E-state index contributed by atoms with van der Waals surface area (Å²) >= 11 is 5.89. The second kappa shape index (κ2) is 6.57. The molecule has 3 unspecified atom stereocenters. The minimum absolute atomic E-state index is 0.0486. The summed E-state index contributed by atoms with van der Waals surface area (Å²) in [6.07, 6.45) is 1.01. The molecule has 2 aromatic rings. The second-order valence-electron chi connectivity index (χ2n) is 5.63. The zero-order valence-corrected chi connectivity index (χ0v) is 13.2. The van der Waals surface area contributed by atoms with Crippen LogP contribution in [0, 0.1) is 0 Å². The lowest BCUT2D eigenvalue weighted by Crippen LogP contribution is -2.40. The van der Waals surface area contributed by atoms with E-state index >= 15 is 0 Å². The maximum atomic E-state index is 5.98. The van der Waals surface area contributed by atoms with E-state index in [0.29, 0.717) is 5.02 Å². The van der Waals surface area contributed by atoms with Gasteiger partial charge in [-0.25, -0.2) is 5.43 Å². The highest BCUT2D eigenvalue weighted by Gasteiger charge is 2.30. The molecule has 1 saturated heterocycles. The van der Waals surface area contributed by atoms with Gasteiger partial charge in [-0.1, -0.05) is 23.7 Å². The summed E-state index contributed by atoms with van der Waals surface area (Å²) in [4.78, 5) is 0. The molecule has 5 heteroatoms. The molecule has 3 atom stereocenters. The van der Waals surface area contributed by atoms with Gasteiger partial charge in [0.05, 0.1) is 6.04 Å². The Hall–Kier alpha value is -1.75. The summed E-state index contributed by atoms with van der Waals surface area (Å²) in [5.41, 5.74) is 14.4. The Kier molecular flexibility index (Phi) is 4.52. The lowest BCUT2D eigenvalue weighted by atomic mass is 9.99. The monoisotopic (exact) mass is 317 g/mol.